The Morgan fingerprint density at radius 1 is 1.21 bits per heavy atom. The van der Waals surface area contributed by atoms with Gasteiger partial charge in [-0.3, -0.25) is 9.59 Å². The van der Waals surface area contributed by atoms with Crippen molar-refractivity contribution in [3.05, 3.63) is 0 Å². The van der Waals surface area contributed by atoms with Crippen molar-refractivity contribution in [3.8, 4) is 0 Å². The van der Waals surface area contributed by atoms with Gasteiger partial charge in [0.05, 0.1) is 5.54 Å². The molecular formula is C14H27N3O2. The molecule has 0 atom stereocenters. The van der Waals surface area contributed by atoms with Crippen molar-refractivity contribution in [2.24, 2.45) is 5.92 Å². The molecule has 0 unspecified atom stereocenters. The summed E-state index contributed by atoms with van der Waals surface area (Å²) in [5.74, 6) is 0.276. The first-order valence-electron chi connectivity index (χ1n) is 7.06. The van der Waals surface area contributed by atoms with E-state index in [2.05, 4.69) is 10.6 Å². The summed E-state index contributed by atoms with van der Waals surface area (Å²) in [6.07, 6.45) is 1.67. The smallest absolute Gasteiger partial charge is 0.239 e. The third kappa shape index (κ3) is 4.20. The molecule has 1 heterocycles. The first kappa shape index (κ1) is 16.0. The third-order valence-electron chi connectivity index (χ3n) is 3.83. The average molecular weight is 269 g/mol. The third-order valence-corrected chi connectivity index (χ3v) is 3.83. The van der Waals surface area contributed by atoms with Crippen LogP contribution in [0, 0.1) is 5.92 Å². The number of carbonyl (C=O) groups excluding carboxylic acids is 2. The molecule has 19 heavy (non-hydrogen) atoms. The van der Waals surface area contributed by atoms with Crippen molar-refractivity contribution < 1.29 is 9.59 Å². The van der Waals surface area contributed by atoms with Gasteiger partial charge in [0.2, 0.25) is 11.8 Å². The van der Waals surface area contributed by atoms with E-state index in [1.54, 1.807) is 7.05 Å². The second-order valence-electron chi connectivity index (χ2n) is 6.10. The minimum atomic E-state index is -0.551. The fourth-order valence-corrected chi connectivity index (χ4v) is 2.09. The second-order valence-corrected chi connectivity index (χ2v) is 6.10. The lowest BCUT2D eigenvalue weighted by Gasteiger charge is -2.35. The van der Waals surface area contributed by atoms with E-state index in [0.29, 0.717) is 0 Å². The summed E-state index contributed by atoms with van der Waals surface area (Å²) in [6.45, 7) is 9.04. The molecule has 0 spiro atoms. The zero-order valence-electron chi connectivity index (χ0n) is 12.7. The highest BCUT2D eigenvalue weighted by molar-refractivity contribution is 5.85. The number of hydrogen-bond donors (Lipinski definition) is 2. The van der Waals surface area contributed by atoms with Crippen molar-refractivity contribution in [2.45, 2.75) is 52.1 Å². The molecule has 5 nitrogen and oxygen atoms in total. The zero-order chi connectivity index (χ0) is 14.6. The van der Waals surface area contributed by atoms with Gasteiger partial charge >= 0.3 is 0 Å². The van der Waals surface area contributed by atoms with Gasteiger partial charge < -0.3 is 15.5 Å². The summed E-state index contributed by atoms with van der Waals surface area (Å²) in [6, 6.07) is 0.177. The normalized spacial score (nSPS) is 17.7. The van der Waals surface area contributed by atoms with Crippen LogP contribution in [0.1, 0.15) is 40.5 Å². The summed E-state index contributed by atoms with van der Waals surface area (Å²) in [7, 11) is 1.78. The van der Waals surface area contributed by atoms with Crippen LogP contribution in [0.2, 0.25) is 0 Å². The van der Waals surface area contributed by atoms with E-state index in [0.717, 1.165) is 25.9 Å². The second kappa shape index (κ2) is 6.37. The Kier molecular flexibility index (Phi) is 5.35. The first-order valence-corrected chi connectivity index (χ1v) is 7.06. The first-order chi connectivity index (χ1) is 8.77. The van der Waals surface area contributed by atoms with Crippen molar-refractivity contribution in [2.75, 3.05) is 20.1 Å². The number of carbonyl (C=O) groups is 2. The van der Waals surface area contributed by atoms with Crippen LogP contribution >= 0.6 is 0 Å². The highest BCUT2D eigenvalue weighted by atomic mass is 16.2. The van der Waals surface area contributed by atoms with Crippen LogP contribution in [0.25, 0.3) is 0 Å². The Morgan fingerprint density at radius 3 is 2.16 bits per heavy atom. The molecule has 1 aliphatic heterocycles. The molecule has 2 amide bonds. The SMILES string of the molecule is CNC(C)(C)C(=O)NC1CCN(C(=O)C(C)C)CC1. The molecule has 0 aliphatic carbocycles. The maximum atomic E-state index is 12.0. The molecule has 0 bridgehead atoms. The molecule has 110 valence electrons. The Hall–Kier alpha value is -1.10. The molecule has 0 saturated carbocycles. The molecule has 0 aromatic rings. The average Bonchev–Trinajstić information content (AvgIpc) is 2.38. The van der Waals surface area contributed by atoms with E-state index in [1.807, 2.05) is 32.6 Å². The number of nitrogens with zero attached hydrogens (tertiary/aromatic N) is 1. The van der Waals surface area contributed by atoms with Gasteiger partial charge in [0.25, 0.3) is 0 Å². The molecule has 0 radical (unpaired) electrons. The lowest BCUT2D eigenvalue weighted by Crippen LogP contribution is -2.56. The number of nitrogens with one attached hydrogen (secondary N) is 2. The summed E-state index contributed by atoms with van der Waals surface area (Å²) in [4.78, 5) is 25.8. The highest BCUT2D eigenvalue weighted by Crippen LogP contribution is 2.14. The van der Waals surface area contributed by atoms with Gasteiger partial charge in [-0.25, -0.2) is 0 Å². The summed E-state index contributed by atoms with van der Waals surface area (Å²) >= 11 is 0. The van der Waals surface area contributed by atoms with Gasteiger partial charge in [-0.2, -0.15) is 0 Å². The Morgan fingerprint density at radius 2 is 1.74 bits per heavy atom. The van der Waals surface area contributed by atoms with Crippen LogP contribution in [0.4, 0.5) is 0 Å². The number of likely N-dealkylation sites (N-methyl/N-ethyl adjacent to an activating group) is 1. The van der Waals surface area contributed by atoms with Crippen LogP contribution in [0.5, 0.6) is 0 Å². The number of hydrogen-bond acceptors (Lipinski definition) is 3. The minimum Gasteiger partial charge on any atom is -0.352 e. The monoisotopic (exact) mass is 269 g/mol. The predicted molar refractivity (Wildman–Crippen MR) is 75.7 cm³/mol. The van der Waals surface area contributed by atoms with E-state index < -0.39 is 5.54 Å². The standard InChI is InChI=1S/C14H27N3O2/c1-10(2)12(18)17-8-6-11(7-9-17)16-13(19)14(3,4)15-5/h10-11,15H,6-9H2,1-5H3,(H,16,19). The van der Waals surface area contributed by atoms with Crippen molar-refractivity contribution in [1.29, 1.82) is 0 Å². The van der Waals surface area contributed by atoms with Gasteiger partial charge in [0.1, 0.15) is 0 Å². The zero-order valence-corrected chi connectivity index (χ0v) is 12.7. The van der Waals surface area contributed by atoms with Crippen molar-refractivity contribution in [3.63, 3.8) is 0 Å². The van der Waals surface area contributed by atoms with Crippen LogP contribution < -0.4 is 10.6 Å². The van der Waals surface area contributed by atoms with Gasteiger partial charge in [0, 0.05) is 25.0 Å². The van der Waals surface area contributed by atoms with Gasteiger partial charge in [-0.05, 0) is 33.7 Å². The molecular weight excluding hydrogens is 242 g/mol. The van der Waals surface area contributed by atoms with Gasteiger partial charge in [0.15, 0.2) is 0 Å². The quantitative estimate of drug-likeness (QED) is 0.791. The Bertz CT molecular complexity index is 332. The lowest BCUT2D eigenvalue weighted by molar-refractivity contribution is -0.135. The molecule has 0 aromatic carbocycles. The largest absolute Gasteiger partial charge is 0.352 e. The van der Waals surface area contributed by atoms with Crippen LogP contribution in [0.15, 0.2) is 0 Å². The lowest BCUT2D eigenvalue weighted by atomic mass is 10.00. The molecule has 0 aromatic heterocycles. The van der Waals surface area contributed by atoms with Gasteiger partial charge in [-0.1, -0.05) is 13.8 Å². The summed E-state index contributed by atoms with van der Waals surface area (Å²) in [5, 5.41) is 6.06. The number of rotatable bonds is 4. The van der Waals surface area contributed by atoms with Crippen molar-refractivity contribution >= 4 is 11.8 Å². The van der Waals surface area contributed by atoms with Crippen LogP contribution in [-0.2, 0) is 9.59 Å². The Balaban J connectivity index is 2.43. The summed E-state index contributed by atoms with van der Waals surface area (Å²) < 4.78 is 0. The van der Waals surface area contributed by atoms with Gasteiger partial charge in [-0.15, -0.1) is 0 Å². The van der Waals surface area contributed by atoms with E-state index in [9.17, 15) is 9.59 Å². The van der Waals surface area contributed by atoms with Crippen LogP contribution in [0.3, 0.4) is 0 Å². The molecule has 1 rings (SSSR count). The maximum Gasteiger partial charge on any atom is 0.239 e. The van der Waals surface area contributed by atoms with Crippen LogP contribution in [-0.4, -0.2) is 48.4 Å². The highest BCUT2D eigenvalue weighted by Gasteiger charge is 2.30. The molecule has 1 aliphatic rings. The number of likely N-dealkylation sites (tertiary alicyclic amines) is 1. The maximum absolute atomic E-state index is 12.0. The molecule has 1 saturated heterocycles. The van der Waals surface area contributed by atoms with Crippen molar-refractivity contribution in [1.82, 2.24) is 15.5 Å². The fraction of sp³-hybridized carbons (Fsp3) is 0.857. The van der Waals surface area contributed by atoms with E-state index in [4.69, 9.17) is 0 Å². The van der Waals surface area contributed by atoms with E-state index in [1.165, 1.54) is 0 Å². The Labute approximate surface area is 116 Å². The fourth-order valence-electron chi connectivity index (χ4n) is 2.09. The number of amides is 2. The predicted octanol–water partition coefficient (Wildman–Crippen LogP) is 0.748. The molecule has 5 heteroatoms. The minimum absolute atomic E-state index is 0.0173. The summed E-state index contributed by atoms with van der Waals surface area (Å²) in [5.41, 5.74) is -0.551. The molecule has 2 N–H and O–H groups in total. The number of piperidine rings is 1. The van der Waals surface area contributed by atoms with E-state index >= 15 is 0 Å². The van der Waals surface area contributed by atoms with E-state index in [-0.39, 0.29) is 23.8 Å². The topological polar surface area (TPSA) is 61.4 Å². The molecule has 1 fully saturated rings.